The third kappa shape index (κ3) is 3.98. The number of nitrogens with one attached hydrogen (secondary N) is 1. The van der Waals surface area contributed by atoms with Crippen LogP contribution in [0.25, 0.3) is 11.4 Å². The van der Waals surface area contributed by atoms with Crippen LogP contribution in [0.3, 0.4) is 0 Å². The molecule has 1 N–H and O–H groups in total. The normalized spacial score (nSPS) is 16.2. The Bertz CT molecular complexity index is 948. The number of amides is 1. The smallest absolute Gasteiger partial charge is 0.272 e. The lowest BCUT2D eigenvalue weighted by Crippen LogP contribution is -2.32. The van der Waals surface area contributed by atoms with Gasteiger partial charge in [-0.3, -0.25) is 14.8 Å². The van der Waals surface area contributed by atoms with Crippen molar-refractivity contribution in [1.29, 1.82) is 0 Å². The quantitative estimate of drug-likeness (QED) is 0.739. The number of nitrogens with zero attached hydrogens (tertiary/aromatic N) is 5. The summed E-state index contributed by atoms with van der Waals surface area (Å²) in [5, 5.41) is 3.48. The first-order valence-electron chi connectivity index (χ1n) is 9.48. The monoisotopic (exact) mass is 374 g/mol. The third-order valence-corrected chi connectivity index (χ3v) is 4.79. The van der Waals surface area contributed by atoms with E-state index in [1.165, 1.54) is 0 Å². The van der Waals surface area contributed by atoms with E-state index in [9.17, 15) is 4.79 Å². The van der Waals surface area contributed by atoms with Crippen LogP contribution in [-0.2, 0) is 6.42 Å². The summed E-state index contributed by atoms with van der Waals surface area (Å²) in [5.74, 6) is 1.44. The van der Waals surface area contributed by atoms with Gasteiger partial charge in [-0.15, -0.1) is 0 Å². The van der Waals surface area contributed by atoms with E-state index in [4.69, 9.17) is 0 Å². The van der Waals surface area contributed by atoms with Gasteiger partial charge in [0.25, 0.3) is 5.91 Å². The Labute approximate surface area is 163 Å². The Kier molecular flexibility index (Phi) is 5.23. The fourth-order valence-electron chi connectivity index (χ4n) is 3.31. The number of carbonyl (C=O) groups excluding carboxylic acids is 1. The van der Waals surface area contributed by atoms with Crippen molar-refractivity contribution in [2.45, 2.75) is 25.8 Å². The molecule has 1 aliphatic heterocycles. The molecule has 7 heteroatoms. The number of likely N-dealkylation sites (tertiary alicyclic amines) is 1. The average Bonchev–Trinajstić information content (AvgIpc) is 3.22. The average molecular weight is 374 g/mol. The van der Waals surface area contributed by atoms with E-state index in [0.29, 0.717) is 24.6 Å². The molecular formula is C21H22N6O. The lowest BCUT2D eigenvalue weighted by atomic mass is 10.2. The summed E-state index contributed by atoms with van der Waals surface area (Å²) in [4.78, 5) is 32.0. The summed E-state index contributed by atoms with van der Waals surface area (Å²) < 4.78 is 0. The fourth-order valence-corrected chi connectivity index (χ4v) is 3.31. The molecule has 1 atom stereocenters. The summed E-state index contributed by atoms with van der Waals surface area (Å²) in [7, 11) is 0. The number of hydrogen-bond acceptors (Lipinski definition) is 6. The maximum absolute atomic E-state index is 12.6. The first-order valence-corrected chi connectivity index (χ1v) is 9.48. The van der Waals surface area contributed by atoms with Crippen LogP contribution < -0.4 is 5.32 Å². The van der Waals surface area contributed by atoms with Crippen molar-refractivity contribution in [3.63, 3.8) is 0 Å². The van der Waals surface area contributed by atoms with E-state index < -0.39 is 0 Å². The van der Waals surface area contributed by atoms with Crippen molar-refractivity contribution in [2.24, 2.45) is 0 Å². The van der Waals surface area contributed by atoms with Crippen molar-refractivity contribution in [3.8, 4) is 11.4 Å². The fraction of sp³-hybridized carbons (Fsp3) is 0.286. The van der Waals surface area contributed by atoms with E-state index in [0.717, 1.165) is 29.9 Å². The van der Waals surface area contributed by atoms with Crippen molar-refractivity contribution in [1.82, 2.24) is 24.8 Å². The lowest BCUT2D eigenvalue weighted by Gasteiger charge is -2.17. The molecule has 1 saturated heterocycles. The van der Waals surface area contributed by atoms with E-state index in [1.54, 1.807) is 24.7 Å². The summed E-state index contributed by atoms with van der Waals surface area (Å²) in [5.41, 5.74) is 2.40. The highest BCUT2D eigenvalue weighted by atomic mass is 16.2. The van der Waals surface area contributed by atoms with Gasteiger partial charge in [-0.25, -0.2) is 9.97 Å². The van der Waals surface area contributed by atoms with E-state index in [2.05, 4.69) is 32.2 Å². The molecule has 1 aliphatic rings. The first-order chi connectivity index (χ1) is 13.7. The van der Waals surface area contributed by atoms with Gasteiger partial charge in [-0.2, -0.15) is 0 Å². The Balaban J connectivity index is 1.48. The Morgan fingerprint density at radius 2 is 2.04 bits per heavy atom. The lowest BCUT2D eigenvalue weighted by molar-refractivity contribution is 0.0786. The van der Waals surface area contributed by atoms with Crippen LogP contribution in [0.15, 0.2) is 55.0 Å². The zero-order valence-electron chi connectivity index (χ0n) is 15.7. The molecule has 1 amide bonds. The van der Waals surface area contributed by atoms with E-state index in [1.807, 2.05) is 35.2 Å². The molecule has 4 heterocycles. The van der Waals surface area contributed by atoms with Crippen LogP contribution in [0.1, 0.15) is 29.5 Å². The molecule has 1 unspecified atom stereocenters. The van der Waals surface area contributed by atoms with Gasteiger partial charge in [0.2, 0.25) is 0 Å². The second kappa shape index (κ2) is 8.12. The highest BCUT2D eigenvalue weighted by Crippen LogP contribution is 2.21. The summed E-state index contributed by atoms with van der Waals surface area (Å²) in [6, 6.07) is 11.3. The SMILES string of the molecule is CCc1cc(NC2CCN(C(=O)c3ccccn3)C2)nc(-c2ccncc2)n1. The molecule has 0 aromatic carbocycles. The maximum atomic E-state index is 12.6. The molecule has 3 aromatic rings. The molecule has 7 nitrogen and oxygen atoms in total. The molecule has 142 valence electrons. The second-order valence-electron chi connectivity index (χ2n) is 6.75. The number of aryl methyl sites for hydroxylation is 1. The van der Waals surface area contributed by atoms with Gasteiger partial charge in [0.15, 0.2) is 5.82 Å². The van der Waals surface area contributed by atoms with Gasteiger partial charge in [0.05, 0.1) is 0 Å². The number of carbonyl (C=O) groups is 1. The highest BCUT2D eigenvalue weighted by Gasteiger charge is 2.27. The number of hydrogen-bond donors (Lipinski definition) is 1. The molecule has 0 aliphatic carbocycles. The van der Waals surface area contributed by atoms with Crippen LogP contribution in [0.5, 0.6) is 0 Å². The van der Waals surface area contributed by atoms with Gasteiger partial charge in [0, 0.05) is 55.0 Å². The molecule has 0 radical (unpaired) electrons. The minimum atomic E-state index is -0.0284. The topological polar surface area (TPSA) is 83.9 Å². The number of anilines is 1. The Morgan fingerprint density at radius 1 is 1.18 bits per heavy atom. The van der Waals surface area contributed by atoms with E-state index in [-0.39, 0.29) is 11.9 Å². The zero-order valence-corrected chi connectivity index (χ0v) is 15.7. The van der Waals surface area contributed by atoms with Crippen molar-refractivity contribution >= 4 is 11.7 Å². The standard InChI is InChI=1S/C21H22N6O/c1-2-16-13-19(26-20(25-16)15-6-10-22-11-7-15)24-17-8-12-27(14-17)21(28)18-5-3-4-9-23-18/h3-7,9-11,13,17H,2,8,12,14H2,1H3,(H,24,25,26). The zero-order chi connectivity index (χ0) is 19.3. The van der Waals surface area contributed by atoms with Gasteiger partial charge in [-0.1, -0.05) is 13.0 Å². The van der Waals surface area contributed by atoms with Crippen LogP contribution in [0, 0.1) is 0 Å². The summed E-state index contributed by atoms with van der Waals surface area (Å²) in [6.45, 7) is 3.41. The molecule has 1 fully saturated rings. The maximum Gasteiger partial charge on any atom is 0.272 e. The molecule has 0 spiro atoms. The van der Waals surface area contributed by atoms with Crippen LogP contribution in [0.2, 0.25) is 0 Å². The van der Waals surface area contributed by atoms with Gasteiger partial charge in [-0.05, 0) is 37.1 Å². The molecule has 28 heavy (non-hydrogen) atoms. The summed E-state index contributed by atoms with van der Waals surface area (Å²) >= 11 is 0. The summed E-state index contributed by atoms with van der Waals surface area (Å²) in [6.07, 6.45) is 6.82. The molecule has 3 aromatic heterocycles. The van der Waals surface area contributed by atoms with Crippen LogP contribution >= 0.6 is 0 Å². The van der Waals surface area contributed by atoms with Gasteiger partial charge in [0.1, 0.15) is 11.5 Å². The minimum absolute atomic E-state index is 0.0284. The molecule has 0 bridgehead atoms. The largest absolute Gasteiger partial charge is 0.365 e. The van der Waals surface area contributed by atoms with Crippen molar-refractivity contribution < 1.29 is 4.79 Å². The number of rotatable bonds is 5. The van der Waals surface area contributed by atoms with Crippen molar-refractivity contribution in [2.75, 3.05) is 18.4 Å². The number of aromatic nitrogens is 4. The molecular weight excluding hydrogens is 352 g/mol. The van der Waals surface area contributed by atoms with E-state index >= 15 is 0 Å². The Hall–Kier alpha value is -3.35. The minimum Gasteiger partial charge on any atom is -0.365 e. The third-order valence-electron chi connectivity index (χ3n) is 4.79. The Morgan fingerprint density at radius 3 is 2.79 bits per heavy atom. The predicted octanol–water partition coefficient (Wildman–Crippen LogP) is 2.82. The van der Waals surface area contributed by atoms with Crippen LogP contribution in [-0.4, -0.2) is 49.9 Å². The number of pyridine rings is 2. The first kappa shape index (κ1) is 18.0. The molecule has 0 saturated carbocycles. The van der Waals surface area contributed by atoms with Gasteiger partial charge < -0.3 is 10.2 Å². The molecule has 4 rings (SSSR count). The predicted molar refractivity (Wildman–Crippen MR) is 107 cm³/mol. The highest BCUT2D eigenvalue weighted by molar-refractivity contribution is 5.92. The van der Waals surface area contributed by atoms with Crippen LogP contribution in [0.4, 0.5) is 5.82 Å². The second-order valence-corrected chi connectivity index (χ2v) is 6.75. The van der Waals surface area contributed by atoms with Gasteiger partial charge >= 0.3 is 0 Å². The van der Waals surface area contributed by atoms with Crippen molar-refractivity contribution in [3.05, 3.63) is 66.4 Å².